The van der Waals surface area contributed by atoms with Gasteiger partial charge in [-0.2, -0.15) is 0 Å². The summed E-state index contributed by atoms with van der Waals surface area (Å²) in [5.41, 5.74) is 0.115. The predicted molar refractivity (Wildman–Crippen MR) is 80.8 cm³/mol. The Morgan fingerprint density at radius 1 is 1.10 bits per heavy atom. The second-order valence-corrected chi connectivity index (χ2v) is 8.25. The van der Waals surface area contributed by atoms with Crippen molar-refractivity contribution in [3.63, 3.8) is 0 Å². The van der Waals surface area contributed by atoms with Crippen LogP contribution in [-0.4, -0.2) is 48.3 Å². The Labute approximate surface area is 123 Å². The summed E-state index contributed by atoms with van der Waals surface area (Å²) in [4.78, 5) is 2.79. The molecule has 0 radical (unpaired) electrons. The third-order valence-electron chi connectivity index (χ3n) is 5.84. The van der Waals surface area contributed by atoms with Crippen molar-refractivity contribution in [3.05, 3.63) is 0 Å². The molecule has 0 aromatic carbocycles. The van der Waals surface area contributed by atoms with Gasteiger partial charge < -0.3 is 10.1 Å². The van der Waals surface area contributed by atoms with E-state index in [2.05, 4.69) is 24.1 Å². The van der Waals surface area contributed by atoms with Gasteiger partial charge in [-0.1, -0.05) is 0 Å². The van der Waals surface area contributed by atoms with Gasteiger partial charge in [-0.25, -0.2) is 0 Å². The highest BCUT2D eigenvalue weighted by atomic mass is 16.5. The molecule has 4 fully saturated rings. The van der Waals surface area contributed by atoms with Gasteiger partial charge in [0.25, 0.3) is 0 Å². The molecule has 2 saturated carbocycles. The highest BCUT2D eigenvalue weighted by Crippen LogP contribution is 2.40. The number of hydrogen-bond donors (Lipinski definition) is 1. The second kappa shape index (κ2) is 4.96. The van der Waals surface area contributed by atoms with Crippen LogP contribution in [0.25, 0.3) is 0 Å². The highest BCUT2D eigenvalue weighted by Gasteiger charge is 2.44. The van der Waals surface area contributed by atoms with Gasteiger partial charge in [0.1, 0.15) is 0 Å². The lowest BCUT2D eigenvalue weighted by Crippen LogP contribution is -2.59. The summed E-state index contributed by atoms with van der Waals surface area (Å²) in [6.45, 7) is 8.16. The molecule has 3 unspecified atom stereocenters. The highest BCUT2D eigenvalue weighted by molar-refractivity contribution is 5.00. The van der Waals surface area contributed by atoms with Gasteiger partial charge >= 0.3 is 0 Å². The van der Waals surface area contributed by atoms with Gasteiger partial charge in [0.15, 0.2) is 0 Å². The molecule has 0 aromatic rings. The van der Waals surface area contributed by atoms with E-state index in [-0.39, 0.29) is 5.60 Å². The molecule has 3 nitrogen and oxygen atoms in total. The first kappa shape index (κ1) is 13.5. The molecule has 3 atom stereocenters. The molecule has 114 valence electrons. The lowest BCUT2D eigenvalue weighted by Gasteiger charge is -2.42. The maximum Gasteiger partial charge on any atom is 0.0710 e. The van der Waals surface area contributed by atoms with Crippen molar-refractivity contribution in [2.24, 2.45) is 11.8 Å². The average Bonchev–Trinajstić information content (AvgIpc) is 3.28. The molecule has 0 spiro atoms. The lowest BCUT2D eigenvalue weighted by molar-refractivity contribution is -0.0407. The van der Waals surface area contributed by atoms with Crippen LogP contribution in [0.5, 0.6) is 0 Å². The van der Waals surface area contributed by atoms with E-state index in [4.69, 9.17) is 4.74 Å². The van der Waals surface area contributed by atoms with Gasteiger partial charge in [0.05, 0.1) is 11.7 Å². The molecule has 0 bridgehead atoms. The Morgan fingerprint density at radius 2 is 1.85 bits per heavy atom. The predicted octanol–water partition coefficient (Wildman–Crippen LogP) is 2.41. The molecule has 4 aliphatic rings. The van der Waals surface area contributed by atoms with E-state index < -0.39 is 0 Å². The summed E-state index contributed by atoms with van der Waals surface area (Å²) in [7, 11) is 0. The number of piperazine rings is 1. The van der Waals surface area contributed by atoms with Crippen molar-refractivity contribution in [1.82, 2.24) is 10.2 Å². The normalized spacial score (nSPS) is 42.0. The molecule has 3 heteroatoms. The molecule has 2 heterocycles. The summed E-state index contributed by atoms with van der Waals surface area (Å²) in [5.74, 6) is 1.94. The van der Waals surface area contributed by atoms with Crippen LogP contribution in [0.4, 0.5) is 0 Å². The van der Waals surface area contributed by atoms with Crippen LogP contribution in [0.1, 0.15) is 52.4 Å². The third-order valence-corrected chi connectivity index (χ3v) is 5.84. The Kier molecular flexibility index (Phi) is 3.36. The van der Waals surface area contributed by atoms with Crippen LogP contribution in [0, 0.1) is 11.8 Å². The summed E-state index contributed by atoms with van der Waals surface area (Å²) in [6.07, 6.45) is 8.76. The Morgan fingerprint density at radius 3 is 2.45 bits per heavy atom. The van der Waals surface area contributed by atoms with Crippen molar-refractivity contribution in [1.29, 1.82) is 0 Å². The largest absolute Gasteiger partial charge is 0.371 e. The van der Waals surface area contributed by atoms with E-state index in [0.29, 0.717) is 6.10 Å². The molecule has 0 amide bonds. The zero-order valence-corrected chi connectivity index (χ0v) is 13.1. The fourth-order valence-electron chi connectivity index (χ4n) is 4.29. The van der Waals surface area contributed by atoms with Crippen LogP contribution in [0.3, 0.4) is 0 Å². The molecule has 20 heavy (non-hydrogen) atoms. The molecule has 2 aliphatic carbocycles. The summed E-state index contributed by atoms with van der Waals surface area (Å²) in [6, 6.07) is 1.55. The van der Waals surface area contributed by atoms with Crippen molar-refractivity contribution in [3.8, 4) is 0 Å². The minimum absolute atomic E-state index is 0.115. The van der Waals surface area contributed by atoms with Gasteiger partial charge in [-0.05, 0) is 64.2 Å². The first-order chi connectivity index (χ1) is 9.61. The number of nitrogens with one attached hydrogen (secondary N) is 1. The van der Waals surface area contributed by atoms with Gasteiger partial charge in [-0.3, -0.25) is 4.90 Å². The Hall–Kier alpha value is -0.120. The monoisotopic (exact) mass is 278 g/mol. The first-order valence-electron chi connectivity index (χ1n) is 8.76. The number of ether oxygens (including phenoxy) is 1. The smallest absolute Gasteiger partial charge is 0.0710 e. The van der Waals surface area contributed by atoms with Crippen LogP contribution in [-0.2, 0) is 4.74 Å². The standard InChI is InChI=1S/C17H30N2O/c1-17(2)8-7-14(20-17)10-19-11-15(12-3-4-12)18-9-16(19)13-5-6-13/h12-16,18H,3-11H2,1-2H3. The summed E-state index contributed by atoms with van der Waals surface area (Å²) >= 11 is 0. The SMILES string of the molecule is CC1(C)CCC(CN2CC(C3CC3)NCC2C2CC2)O1. The summed E-state index contributed by atoms with van der Waals surface area (Å²) in [5, 5.41) is 3.84. The Balaban J connectivity index is 1.39. The van der Waals surface area contributed by atoms with Gasteiger partial charge in [0, 0.05) is 31.7 Å². The maximum atomic E-state index is 6.25. The molecule has 0 aromatic heterocycles. The zero-order valence-electron chi connectivity index (χ0n) is 13.1. The first-order valence-corrected chi connectivity index (χ1v) is 8.76. The molecule has 4 rings (SSSR count). The quantitative estimate of drug-likeness (QED) is 0.854. The van der Waals surface area contributed by atoms with Gasteiger partial charge in [0.2, 0.25) is 0 Å². The molecule has 2 aliphatic heterocycles. The minimum atomic E-state index is 0.115. The van der Waals surface area contributed by atoms with E-state index >= 15 is 0 Å². The second-order valence-electron chi connectivity index (χ2n) is 8.25. The van der Waals surface area contributed by atoms with E-state index in [1.165, 1.54) is 58.2 Å². The van der Waals surface area contributed by atoms with Crippen molar-refractivity contribution < 1.29 is 4.74 Å². The van der Waals surface area contributed by atoms with Crippen LogP contribution < -0.4 is 5.32 Å². The van der Waals surface area contributed by atoms with Crippen molar-refractivity contribution in [2.45, 2.75) is 76.2 Å². The van der Waals surface area contributed by atoms with E-state index in [9.17, 15) is 0 Å². The fourth-order valence-corrected chi connectivity index (χ4v) is 4.29. The maximum absolute atomic E-state index is 6.25. The number of rotatable bonds is 4. The van der Waals surface area contributed by atoms with E-state index in [0.717, 1.165) is 23.9 Å². The zero-order chi connectivity index (χ0) is 13.7. The van der Waals surface area contributed by atoms with Crippen molar-refractivity contribution in [2.75, 3.05) is 19.6 Å². The van der Waals surface area contributed by atoms with E-state index in [1.54, 1.807) is 0 Å². The van der Waals surface area contributed by atoms with Crippen LogP contribution >= 0.6 is 0 Å². The van der Waals surface area contributed by atoms with Crippen molar-refractivity contribution >= 4 is 0 Å². The molecular formula is C17H30N2O. The average molecular weight is 278 g/mol. The Bertz CT molecular complexity index is 362. The summed E-state index contributed by atoms with van der Waals surface area (Å²) < 4.78 is 6.25. The van der Waals surface area contributed by atoms with E-state index in [1.807, 2.05) is 0 Å². The van der Waals surface area contributed by atoms with Crippen LogP contribution in [0.15, 0.2) is 0 Å². The van der Waals surface area contributed by atoms with Gasteiger partial charge in [-0.15, -0.1) is 0 Å². The molecule has 2 saturated heterocycles. The topological polar surface area (TPSA) is 24.5 Å². The lowest BCUT2D eigenvalue weighted by atomic mass is 10.0. The third kappa shape index (κ3) is 2.90. The minimum Gasteiger partial charge on any atom is -0.371 e. The molecule has 1 N–H and O–H groups in total. The number of hydrogen-bond acceptors (Lipinski definition) is 3. The van der Waals surface area contributed by atoms with Crippen LogP contribution in [0.2, 0.25) is 0 Å². The fraction of sp³-hybridized carbons (Fsp3) is 1.00. The molecular weight excluding hydrogens is 248 g/mol. The number of nitrogens with zero attached hydrogens (tertiary/aromatic N) is 1.